The molecular formula is C7H5Br2F2N. The Morgan fingerprint density at radius 2 is 2.00 bits per heavy atom. The third-order valence-electron chi connectivity index (χ3n) is 1.40. The van der Waals surface area contributed by atoms with Crippen LogP contribution >= 0.6 is 31.9 Å². The lowest BCUT2D eigenvalue weighted by Gasteiger charge is -2.07. The molecule has 12 heavy (non-hydrogen) atoms. The van der Waals surface area contributed by atoms with Crippen LogP contribution in [0, 0.1) is 6.92 Å². The fourth-order valence-electron chi connectivity index (χ4n) is 0.779. The molecule has 5 heteroatoms. The Hall–Kier alpha value is -0.0300. The largest absolute Gasteiger partial charge is 0.266 e. The normalized spacial score (nSPS) is 10.8. The van der Waals surface area contributed by atoms with Gasteiger partial charge in [0.2, 0.25) is 0 Å². The highest BCUT2D eigenvalue weighted by Crippen LogP contribution is 2.34. The summed E-state index contributed by atoms with van der Waals surface area (Å²) in [6.07, 6.45) is -1.11. The zero-order chi connectivity index (χ0) is 9.30. The summed E-state index contributed by atoms with van der Waals surface area (Å²) < 4.78 is 25.5. The van der Waals surface area contributed by atoms with E-state index in [-0.39, 0.29) is 5.56 Å². The number of alkyl halides is 2. The molecule has 1 aromatic heterocycles. The van der Waals surface area contributed by atoms with Gasteiger partial charge in [-0.1, -0.05) is 0 Å². The molecule has 0 saturated heterocycles. The summed E-state index contributed by atoms with van der Waals surface area (Å²) in [4.78, 5) is 3.89. The van der Waals surface area contributed by atoms with Crippen molar-refractivity contribution in [2.24, 2.45) is 0 Å². The van der Waals surface area contributed by atoms with Gasteiger partial charge in [-0.25, -0.2) is 8.78 Å². The SMILES string of the molecule is Cc1ncc(Br)c(C(F)F)c1Br. The maximum absolute atomic E-state index is 12.4. The number of rotatable bonds is 1. The molecule has 0 unspecified atom stereocenters. The molecule has 0 spiro atoms. The van der Waals surface area contributed by atoms with E-state index in [1.807, 2.05) is 0 Å². The first kappa shape index (κ1) is 10.1. The molecule has 0 aliphatic rings. The Morgan fingerprint density at radius 3 is 2.42 bits per heavy atom. The summed E-state index contributed by atoms with van der Waals surface area (Å²) in [6.45, 7) is 1.67. The minimum Gasteiger partial charge on any atom is -0.259 e. The van der Waals surface area contributed by atoms with Gasteiger partial charge in [0.05, 0.1) is 5.69 Å². The van der Waals surface area contributed by atoms with Gasteiger partial charge >= 0.3 is 0 Å². The van der Waals surface area contributed by atoms with Crippen molar-refractivity contribution in [1.29, 1.82) is 0 Å². The molecule has 0 saturated carbocycles. The van der Waals surface area contributed by atoms with Crippen LogP contribution < -0.4 is 0 Å². The summed E-state index contributed by atoms with van der Waals surface area (Å²) in [5.41, 5.74) is 0.524. The second-order valence-electron chi connectivity index (χ2n) is 2.22. The van der Waals surface area contributed by atoms with Crippen LogP contribution in [0.25, 0.3) is 0 Å². The average molecular weight is 301 g/mol. The summed E-state index contributed by atoms with van der Waals surface area (Å²) >= 11 is 6.07. The van der Waals surface area contributed by atoms with Gasteiger partial charge in [0.25, 0.3) is 6.43 Å². The van der Waals surface area contributed by atoms with E-state index in [9.17, 15) is 8.78 Å². The molecule has 66 valence electrons. The summed E-state index contributed by atoms with van der Waals surface area (Å²) in [7, 11) is 0. The topological polar surface area (TPSA) is 12.9 Å². The Morgan fingerprint density at radius 1 is 1.42 bits per heavy atom. The molecule has 0 atom stereocenters. The number of hydrogen-bond donors (Lipinski definition) is 0. The fourth-order valence-corrected chi connectivity index (χ4v) is 2.01. The van der Waals surface area contributed by atoms with Crippen molar-refractivity contribution in [3.8, 4) is 0 Å². The van der Waals surface area contributed by atoms with Crippen LogP contribution in [0.4, 0.5) is 8.78 Å². The predicted molar refractivity (Wildman–Crippen MR) is 49.3 cm³/mol. The van der Waals surface area contributed by atoms with Crippen molar-refractivity contribution in [2.45, 2.75) is 13.3 Å². The number of aromatic nitrogens is 1. The Labute approximate surface area is 85.4 Å². The van der Waals surface area contributed by atoms with E-state index < -0.39 is 6.43 Å². The number of hydrogen-bond acceptors (Lipinski definition) is 1. The number of halogens is 4. The molecule has 1 rings (SSSR count). The first-order valence-corrected chi connectivity index (χ1v) is 4.71. The molecule has 0 aliphatic carbocycles. The molecule has 0 aromatic carbocycles. The molecule has 0 N–H and O–H groups in total. The van der Waals surface area contributed by atoms with Crippen molar-refractivity contribution in [3.05, 3.63) is 26.4 Å². The first-order chi connectivity index (χ1) is 5.54. The maximum atomic E-state index is 12.4. The molecule has 1 aromatic rings. The van der Waals surface area contributed by atoms with E-state index in [0.717, 1.165) is 0 Å². The van der Waals surface area contributed by atoms with E-state index >= 15 is 0 Å². The Balaban J connectivity index is 3.33. The summed E-state index contributed by atoms with van der Waals surface area (Å²) in [6, 6.07) is 0. The molecular weight excluding hydrogens is 296 g/mol. The highest BCUT2D eigenvalue weighted by atomic mass is 79.9. The van der Waals surface area contributed by atoms with Crippen molar-refractivity contribution in [2.75, 3.05) is 0 Å². The minimum absolute atomic E-state index is 0.0394. The zero-order valence-electron chi connectivity index (χ0n) is 6.11. The standard InChI is InChI=1S/C7H5Br2F2N/c1-3-6(9)5(7(10)11)4(8)2-12-3/h2,7H,1H3. The van der Waals surface area contributed by atoms with Gasteiger partial charge < -0.3 is 0 Å². The zero-order valence-corrected chi connectivity index (χ0v) is 9.29. The molecule has 1 heterocycles. The van der Waals surface area contributed by atoms with Crippen molar-refractivity contribution < 1.29 is 8.78 Å². The van der Waals surface area contributed by atoms with E-state index in [1.54, 1.807) is 6.92 Å². The second kappa shape index (κ2) is 3.79. The van der Waals surface area contributed by atoms with Crippen LogP contribution in [-0.4, -0.2) is 4.98 Å². The third-order valence-corrected chi connectivity index (χ3v) is 3.03. The average Bonchev–Trinajstić information content (AvgIpc) is 1.97. The van der Waals surface area contributed by atoms with Crippen LogP contribution in [0.5, 0.6) is 0 Å². The van der Waals surface area contributed by atoms with Gasteiger partial charge in [-0.2, -0.15) is 0 Å². The number of pyridine rings is 1. The smallest absolute Gasteiger partial charge is 0.259 e. The summed E-state index contributed by atoms with van der Waals surface area (Å²) in [5.74, 6) is 0. The Bertz CT molecular complexity index is 302. The monoisotopic (exact) mass is 299 g/mol. The number of aryl methyl sites for hydroxylation is 1. The van der Waals surface area contributed by atoms with Crippen LogP contribution in [0.1, 0.15) is 17.7 Å². The van der Waals surface area contributed by atoms with E-state index in [2.05, 4.69) is 36.8 Å². The molecule has 1 nitrogen and oxygen atoms in total. The summed E-state index contributed by atoms with van der Waals surface area (Å²) in [5, 5.41) is 0. The van der Waals surface area contributed by atoms with Crippen molar-refractivity contribution >= 4 is 31.9 Å². The van der Waals surface area contributed by atoms with E-state index in [0.29, 0.717) is 14.6 Å². The van der Waals surface area contributed by atoms with Crippen molar-refractivity contribution in [1.82, 2.24) is 4.98 Å². The van der Waals surface area contributed by atoms with Crippen LogP contribution in [0.3, 0.4) is 0 Å². The highest BCUT2D eigenvalue weighted by Gasteiger charge is 2.17. The van der Waals surface area contributed by atoms with Crippen LogP contribution in [0.2, 0.25) is 0 Å². The highest BCUT2D eigenvalue weighted by molar-refractivity contribution is 9.11. The van der Waals surface area contributed by atoms with Crippen molar-refractivity contribution in [3.63, 3.8) is 0 Å². The van der Waals surface area contributed by atoms with Crippen LogP contribution in [0.15, 0.2) is 15.1 Å². The third kappa shape index (κ3) is 1.82. The van der Waals surface area contributed by atoms with Crippen LogP contribution in [-0.2, 0) is 0 Å². The quantitative estimate of drug-likeness (QED) is 0.767. The van der Waals surface area contributed by atoms with Gasteiger partial charge in [0.1, 0.15) is 0 Å². The Kier molecular flexibility index (Phi) is 3.17. The lowest BCUT2D eigenvalue weighted by Crippen LogP contribution is -1.93. The maximum Gasteiger partial charge on any atom is 0.266 e. The molecule has 0 fully saturated rings. The van der Waals surface area contributed by atoms with E-state index in [4.69, 9.17) is 0 Å². The second-order valence-corrected chi connectivity index (χ2v) is 3.87. The number of nitrogens with zero attached hydrogens (tertiary/aromatic N) is 1. The van der Waals surface area contributed by atoms with Gasteiger partial charge in [0, 0.05) is 20.7 Å². The lowest BCUT2D eigenvalue weighted by atomic mass is 10.2. The minimum atomic E-state index is -2.49. The van der Waals surface area contributed by atoms with Gasteiger partial charge in [0.15, 0.2) is 0 Å². The van der Waals surface area contributed by atoms with Gasteiger partial charge in [-0.3, -0.25) is 4.98 Å². The molecule has 0 radical (unpaired) electrons. The first-order valence-electron chi connectivity index (χ1n) is 3.12. The fraction of sp³-hybridized carbons (Fsp3) is 0.286. The molecule has 0 aliphatic heterocycles. The van der Waals surface area contributed by atoms with Gasteiger partial charge in [-0.05, 0) is 38.8 Å². The lowest BCUT2D eigenvalue weighted by molar-refractivity contribution is 0.149. The molecule has 0 amide bonds. The molecule has 0 bridgehead atoms. The van der Waals surface area contributed by atoms with E-state index in [1.165, 1.54) is 6.20 Å². The predicted octanol–water partition coefficient (Wildman–Crippen LogP) is 3.85. The van der Waals surface area contributed by atoms with Gasteiger partial charge in [-0.15, -0.1) is 0 Å².